The molecule has 0 aliphatic rings. The molecule has 0 aliphatic heterocycles. The number of rotatable bonds is 6. The summed E-state index contributed by atoms with van der Waals surface area (Å²) in [6.07, 6.45) is 4.27. The third kappa shape index (κ3) is 23.1. The van der Waals surface area contributed by atoms with Gasteiger partial charge >= 0.3 is 0 Å². The summed E-state index contributed by atoms with van der Waals surface area (Å²) < 4.78 is 9.12. The number of hydrogen-bond acceptors (Lipinski definition) is 3. The fourth-order valence-corrected chi connectivity index (χ4v) is 0.299. The summed E-state index contributed by atoms with van der Waals surface area (Å²) in [6, 6.07) is 0. The summed E-state index contributed by atoms with van der Waals surface area (Å²) in [4.78, 5) is 0. The second-order valence-electron chi connectivity index (χ2n) is 1.56. The molecule has 0 amide bonds. The van der Waals surface area contributed by atoms with Crippen LogP contribution in [0.2, 0.25) is 0 Å². The number of aliphatic hydroxyl groups is 1. The maximum absolute atomic E-state index is 8.13. The number of hydrogen-bond donors (Lipinski definition) is 1. The van der Waals surface area contributed by atoms with E-state index in [1.807, 2.05) is 0 Å². The highest BCUT2D eigenvalue weighted by Crippen LogP contribution is 1.70. The summed E-state index contributed by atoms with van der Waals surface area (Å²) in [5.74, 6) is 0. The van der Waals surface area contributed by atoms with Crippen molar-refractivity contribution in [3.8, 4) is 0 Å². The van der Waals surface area contributed by atoms with Crippen LogP contribution in [0.15, 0.2) is 38.3 Å². The molecule has 0 aromatic carbocycles. The molecule has 0 heterocycles. The zero-order valence-electron chi connectivity index (χ0n) is 7.24. The van der Waals surface area contributed by atoms with E-state index in [4.69, 9.17) is 9.84 Å². The molecular weight excluding hydrogens is 156 g/mol. The molecular formula is C9H16O3. The molecule has 3 heteroatoms. The van der Waals surface area contributed by atoms with E-state index < -0.39 is 0 Å². The maximum atomic E-state index is 8.13. The second-order valence-corrected chi connectivity index (χ2v) is 1.56. The highest BCUT2D eigenvalue weighted by atomic mass is 16.5. The largest absolute Gasteiger partial charge is 0.474 e. The SMILES string of the molecule is C=CCOCCO.C=COC=C. The lowest BCUT2D eigenvalue weighted by Gasteiger charge is -1.92. The molecule has 12 heavy (non-hydrogen) atoms. The first kappa shape index (κ1) is 13.5. The van der Waals surface area contributed by atoms with E-state index in [0.717, 1.165) is 0 Å². The van der Waals surface area contributed by atoms with Crippen molar-refractivity contribution in [3.05, 3.63) is 38.3 Å². The van der Waals surface area contributed by atoms with Crippen molar-refractivity contribution < 1.29 is 14.6 Å². The first-order chi connectivity index (χ1) is 5.83. The maximum Gasteiger partial charge on any atom is 0.0829 e. The van der Waals surface area contributed by atoms with Crippen molar-refractivity contribution in [2.45, 2.75) is 0 Å². The van der Waals surface area contributed by atoms with Gasteiger partial charge in [-0.25, -0.2) is 0 Å². The first-order valence-corrected chi connectivity index (χ1v) is 3.50. The molecule has 70 valence electrons. The van der Waals surface area contributed by atoms with Crippen molar-refractivity contribution in [1.82, 2.24) is 0 Å². The van der Waals surface area contributed by atoms with Gasteiger partial charge in [-0.2, -0.15) is 0 Å². The fraction of sp³-hybridized carbons (Fsp3) is 0.333. The van der Waals surface area contributed by atoms with Gasteiger partial charge in [-0.05, 0) is 0 Å². The Morgan fingerprint density at radius 3 is 2.00 bits per heavy atom. The molecule has 0 rings (SSSR count). The lowest BCUT2D eigenvalue weighted by atomic mass is 10.7. The Morgan fingerprint density at radius 1 is 1.17 bits per heavy atom. The summed E-state index contributed by atoms with van der Waals surface area (Å²) in [7, 11) is 0. The topological polar surface area (TPSA) is 38.7 Å². The Morgan fingerprint density at radius 2 is 1.75 bits per heavy atom. The second kappa shape index (κ2) is 16.5. The van der Waals surface area contributed by atoms with Crippen LogP contribution in [0.25, 0.3) is 0 Å². The van der Waals surface area contributed by atoms with E-state index in [9.17, 15) is 0 Å². The number of ether oxygens (including phenoxy) is 2. The molecule has 0 aromatic rings. The van der Waals surface area contributed by atoms with Crippen LogP contribution in [0.3, 0.4) is 0 Å². The molecule has 0 aromatic heterocycles. The van der Waals surface area contributed by atoms with E-state index in [1.54, 1.807) is 6.08 Å². The van der Waals surface area contributed by atoms with E-state index in [0.29, 0.717) is 13.2 Å². The minimum Gasteiger partial charge on any atom is -0.474 e. The highest BCUT2D eigenvalue weighted by molar-refractivity contribution is 4.63. The van der Waals surface area contributed by atoms with Crippen molar-refractivity contribution in [2.75, 3.05) is 19.8 Å². The van der Waals surface area contributed by atoms with Crippen molar-refractivity contribution in [1.29, 1.82) is 0 Å². The molecule has 0 radical (unpaired) electrons. The Bertz CT molecular complexity index is 104. The molecule has 0 fully saturated rings. The van der Waals surface area contributed by atoms with Gasteiger partial charge in [-0.3, -0.25) is 0 Å². The predicted molar refractivity (Wildman–Crippen MR) is 49.6 cm³/mol. The molecule has 0 atom stereocenters. The van der Waals surface area contributed by atoms with Crippen molar-refractivity contribution in [3.63, 3.8) is 0 Å². The molecule has 0 unspecified atom stereocenters. The Kier molecular flexibility index (Phi) is 18.6. The summed E-state index contributed by atoms with van der Waals surface area (Å²) in [5.41, 5.74) is 0. The number of aliphatic hydroxyl groups excluding tert-OH is 1. The molecule has 0 spiro atoms. The fourth-order valence-electron chi connectivity index (χ4n) is 0.299. The Labute approximate surface area is 73.6 Å². The van der Waals surface area contributed by atoms with Crippen LogP contribution in [0.1, 0.15) is 0 Å². The molecule has 0 aliphatic carbocycles. The molecule has 1 N–H and O–H groups in total. The normalized spacial score (nSPS) is 7.42. The van der Waals surface area contributed by atoms with Gasteiger partial charge in [-0.15, -0.1) is 6.58 Å². The van der Waals surface area contributed by atoms with Gasteiger partial charge in [0.2, 0.25) is 0 Å². The van der Waals surface area contributed by atoms with Crippen LogP contribution in [0.5, 0.6) is 0 Å². The summed E-state index contributed by atoms with van der Waals surface area (Å²) in [5, 5.41) is 8.13. The van der Waals surface area contributed by atoms with Crippen LogP contribution in [0.4, 0.5) is 0 Å². The predicted octanol–water partition coefficient (Wildman–Crippen LogP) is 1.47. The van der Waals surface area contributed by atoms with Crippen LogP contribution in [-0.2, 0) is 9.47 Å². The Hall–Kier alpha value is -1.06. The van der Waals surface area contributed by atoms with Crippen molar-refractivity contribution >= 4 is 0 Å². The summed E-state index contributed by atoms with van der Waals surface area (Å²) >= 11 is 0. The molecule has 0 saturated carbocycles. The minimum absolute atomic E-state index is 0.0911. The first-order valence-electron chi connectivity index (χ1n) is 3.50. The van der Waals surface area contributed by atoms with Gasteiger partial charge in [0.1, 0.15) is 0 Å². The average molecular weight is 172 g/mol. The van der Waals surface area contributed by atoms with Crippen LogP contribution in [0, 0.1) is 0 Å². The van der Waals surface area contributed by atoms with Gasteiger partial charge < -0.3 is 14.6 Å². The van der Waals surface area contributed by atoms with Gasteiger partial charge in [0, 0.05) is 0 Å². The Balaban J connectivity index is 0. The minimum atomic E-state index is 0.0911. The van der Waals surface area contributed by atoms with E-state index >= 15 is 0 Å². The van der Waals surface area contributed by atoms with Crippen molar-refractivity contribution in [2.24, 2.45) is 0 Å². The van der Waals surface area contributed by atoms with Crippen LogP contribution in [-0.4, -0.2) is 24.9 Å². The monoisotopic (exact) mass is 172 g/mol. The molecule has 0 saturated heterocycles. The quantitative estimate of drug-likeness (QED) is 0.374. The summed E-state index contributed by atoms with van der Waals surface area (Å²) in [6.45, 7) is 11.0. The molecule has 0 bridgehead atoms. The van der Waals surface area contributed by atoms with Crippen LogP contribution >= 0.6 is 0 Å². The van der Waals surface area contributed by atoms with E-state index in [-0.39, 0.29) is 6.61 Å². The smallest absolute Gasteiger partial charge is 0.0829 e. The lowest BCUT2D eigenvalue weighted by Crippen LogP contribution is -1.97. The molecule has 3 nitrogen and oxygen atoms in total. The van der Waals surface area contributed by atoms with Gasteiger partial charge in [0.05, 0.1) is 32.3 Å². The van der Waals surface area contributed by atoms with Crippen LogP contribution < -0.4 is 0 Å². The highest BCUT2D eigenvalue weighted by Gasteiger charge is 1.75. The van der Waals surface area contributed by atoms with Gasteiger partial charge in [-0.1, -0.05) is 19.2 Å². The third-order valence-electron chi connectivity index (χ3n) is 0.664. The van der Waals surface area contributed by atoms with E-state index in [1.165, 1.54) is 12.5 Å². The zero-order valence-corrected chi connectivity index (χ0v) is 7.24. The third-order valence-corrected chi connectivity index (χ3v) is 0.664. The average Bonchev–Trinajstić information content (AvgIpc) is 2.08. The van der Waals surface area contributed by atoms with Gasteiger partial charge in [0.25, 0.3) is 0 Å². The zero-order chi connectivity index (χ0) is 9.66. The lowest BCUT2D eigenvalue weighted by molar-refractivity contribution is 0.112. The van der Waals surface area contributed by atoms with E-state index in [2.05, 4.69) is 24.5 Å². The van der Waals surface area contributed by atoms with Gasteiger partial charge in [0.15, 0.2) is 0 Å². The standard InChI is InChI=1S/C5H10O2.C4H6O/c1-2-4-7-5-3-6;1-3-5-4-2/h2,6H,1,3-5H2;3-4H,1-2H2.